The summed E-state index contributed by atoms with van der Waals surface area (Å²) >= 11 is 4.51. The molecular weight excluding hydrogens is 685 g/mol. The largest absolute Gasteiger partial charge is 0.460 e. The Hall–Kier alpha value is -3.13. The van der Waals surface area contributed by atoms with E-state index in [2.05, 4.69) is 12.6 Å². The fourth-order valence-electron chi connectivity index (χ4n) is 3.25. The van der Waals surface area contributed by atoms with Crippen molar-refractivity contribution < 1.29 is 78.8 Å². The molecular formula is C24H13F15O3S2. The fourth-order valence-corrected chi connectivity index (χ4v) is 4.03. The maximum Gasteiger partial charge on any atom is 0.460 e. The molecule has 0 heterocycles. The highest BCUT2D eigenvalue weighted by Crippen LogP contribution is 2.60. The molecule has 0 bridgehead atoms. The molecule has 44 heavy (non-hydrogen) atoms. The van der Waals surface area contributed by atoms with Crippen LogP contribution in [-0.2, 0) is 10.1 Å². The van der Waals surface area contributed by atoms with Crippen LogP contribution in [0.25, 0.3) is 22.3 Å². The van der Waals surface area contributed by atoms with Gasteiger partial charge in [0.1, 0.15) is 11.6 Å². The van der Waals surface area contributed by atoms with Gasteiger partial charge in [-0.25, -0.2) is 8.78 Å². The molecule has 20 heteroatoms. The molecule has 3 aromatic rings. The van der Waals surface area contributed by atoms with E-state index in [0.717, 1.165) is 27.1 Å². The van der Waals surface area contributed by atoms with Gasteiger partial charge in [0.05, 0.1) is 0 Å². The number of alkyl halides is 13. The molecule has 244 valence electrons. The van der Waals surface area contributed by atoms with E-state index in [1.54, 1.807) is 24.3 Å². The van der Waals surface area contributed by atoms with Crippen molar-refractivity contribution in [1.82, 2.24) is 0 Å². The number of halogens is 15. The minimum atomic E-state index is -8.25. The van der Waals surface area contributed by atoms with E-state index >= 15 is 0 Å². The van der Waals surface area contributed by atoms with Crippen LogP contribution in [0.5, 0.6) is 0 Å². The summed E-state index contributed by atoms with van der Waals surface area (Å²) < 4.78 is 214. The smallest absolute Gasteiger partial charge is 0.281 e. The Balaban J connectivity index is 0.000000307. The lowest BCUT2D eigenvalue weighted by molar-refractivity contribution is -0.433. The van der Waals surface area contributed by atoms with Crippen LogP contribution < -0.4 is 0 Å². The minimum absolute atomic E-state index is 0.274. The second-order valence-electron chi connectivity index (χ2n) is 8.50. The monoisotopic (exact) mass is 698 g/mol. The molecule has 0 fully saturated rings. The summed E-state index contributed by atoms with van der Waals surface area (Å²) in [7, 11) is -7.61. The van der Waals surface area contributed by atoms with E-state index in [1.165, 1.54) is 24.3 Å². The number of thiol groups is 1. The van der Waals surface area contributed by atoms with Crippen LogP contribution in [0.3, 0.4) is 0 Å². The highest BCUT2D eigenvalue weighted by Gasteiger charge is 2.92. The lowest BCUT2D eigenvalue weighted by Gasteiger charge is -2.38. The first kappa shape index (κ1) is 37.1. The molecule has 1 N–H and O–H groups in total. The van der Waals surface area contributed by atoms with Crippen LogP contribution in [0.2, 0.25) is 0 Å². The third-order valence-corrected chi connectivity index (χ3v) is 6.84. The molecule has 0 amide bonds. The number of rotatable bonds is 7. The van der Waals surface area contributed by atoms with Gasteiger partial charge in [0.25, 0.3) is 0 Å². The predicted octanol–water partition coefficient (Wildman–Crippen LogP) is 9.16. The molecule has 0 aliphatic heterocycles. The molecule has 0 aliphatic carbocycles. The number of hydrogen-bond donors (Lipinski definition) is 2. The summed E-state index contributed by atoms with van der Waals surface area (Å²) in [5.41, 5.74) is 3.62. The number of hydrogen-bond acceptors (Lipinski definition) is 3. The van der Waals surface area contributed by atoms with Crippen molar-refractivity contribution in [2.45, 2.75) is 40.0 Å². The quantitative estimate of drug-likeness (QED) is 0.147. The molecule has 0 spiro atoms. The van der Waals surface area contributed by atoms with Crippen LogP contribution in [0, 0.1) is 11.6 Å². The van der Waals surface area contributed by atoms with Crippen molar-refractivity contribution in [3.63, 3.8) is 0 Å². The molecule has 0 unspecified atom stereocenters. The molecule has 3 aromatic carbocycles. The van der Waals surface area contributed by atoms with Crippen molar-refractivity contribution in [1.29, 1.82) is 0 Å². The van der Waals surface area contributed by atoms with Crippen molar-refractivity contribution in [3.8, 4) is 22.3 Å². The third-order valence-electron chi connectivity index (χ3n) is 5.56. The van der Waals surface area contributed by atoms with Gasteiger partial charge in [0, 0.05) is 10.5 Å². The van der Waals surface area contributed by atoms with Crippen molar-refractivity contribution in [3.05, 3.63) is 78.4 Å². The Bertz CT molecular complexity index is 1570. The fraction of sp³-hybridized carbons (Fsp3) is 0.250. The molecule has 0 atom stereocenters. The van der Waals surface area contributed by atoms with Gasteiger partial charge in [-0.2, -0.15) is 65.5 Å². The van der Waals surface area contributed by atoms with Gasteiger partial charge in [0.15, 0.2) is 0 Å². The van der Waals surface area contributed by atoms with Crippen LogP contribution in [0.4, 0.5) is 65.9 Å². The Kier molecular flexibility index (Phi) is 10.1. The summed E-state index contributed by atoms with van der Waals surface area (Å²) in [6.45, 7) is 0. The van der Waals surface area contributed by atoms with Gasteiger partial charge in [-0.1, -0.05) is 36.4 Å². The van der Waals surface area contributed by atoms with Crippen LogP contribution in [0.1, 0.15) is 0 Å². The summed E-state index contributed by atoms with van der Waals surface area (Å²) in [6, 6.07) is 18.3. The van der Waals surface area contributed by atoms with Crippen LogP contribution in [-0.4, -0.2) is 48.1 Å². The van der Waals surface area contributed by atoms with Crippen molar-refractivity contribution in [2.75, 3.05) is 0 Å². The first-order valence-corrected chi connectivity index (χ1v) is 12.8. The second-order valence-corrected chi connectivity index (χ2v) is 10.4. The normalized spacial score (nSPS) is 13.8. The summed E-state index contributed by atoms with van der Waals surface area (Å²) in [5, 5.41) is -7.52. The van der Waals surface area contributed by atoms with Crippen LogP contribution >= 0.6 is 12.6 Å². The average molecular weight is 698 g/mol. The van der Waals surface area contributed by atoms with E-state index < -0.39 is 45.2 Å². The molecule has 0 aliphatic rings. The zero-order valence-electron chi connectivity index (χ0n) is 20.6. The Morgan fingerprint density at radius 2 is 0.932 bits per heavy atom. The summed E-state index contributed by atoms with van der Waals surface area (Å²) in [5.74, 6) is -33.0. The zero-order chi connectivity index (χ0) is 34.3. The van der Waals surface area contributed by atoms with Gasteiger partial charge in [0.2, 0.25) is 0 Å². The molecule has 3 nitrogen and oxygen atoms in total. The van der Waals surface area contributed by atoms with Gasteiger partial charge < -0.3 is 0 Å². The van der Waals surface area contributed by atoms with E-state index in [4.69, 9.17) is 4.55 Å². The van der Waals surface area contributed by atoms with Gasteiger partial charge in [-0.15, -0.1) is 12.6 Å². The van der Waals surface area contributed by atoms with E-state index in [-0.39, 0.29) is 11.6 Å². The highest BCUT2D eigenvalue weighted by molar-refractivity contribution is 7.87. The second kappa shape index (κ2) is 12.0. The van der Waals surface area contributed by atoms with Gasteiger partial charge in [-0.05, 0) is 47.0 Å². The maximum absolute atomic E-state index is 13.1. The first-order valence-electron chi connectivity index (χ1n) is 10.9. The lowest BCUT2D eigenvalue weighted by atomic mass is 9.94. The highest BCUT2D eigenvalue weighted by atomic mass is 32.2. The van der Waals surface area contributed by atoms with E-state index in [0.29, 0.717) is 0 Å². The SMILES string of the molecule is Fc1ccc(-c2cccc(S)c2-c2ccc(F)cc2)cc1.O=S(=O)(O)C(F)(F)C(F)(F)C(F)(F)C(F)(F)C(F)(F)C(F)(F)F. The minimum Gasteiger partial charge on any atom is -0.281 e. The number of benzene rings is 3. The van der Waals surface area contributed by atoms with E-state index in [9.17, 15) is 74.3 Å². The molecule has 0 saturated heterocycles. The Morgan fingerprint density at radius 1 is 0.545 bits per heavy atom. The van der Waals surface area contributed by atoms with Gasteiger partial charge in [-0.3, -0.25) is 4.55 Å². The van der Waals surface area contributed by atoms with Crippen molar-refractivity contribution >= 4 is 22.7 Å². The Morgan fingerprint density at radius 3 is 1.32 bits per heavy atom. The topological polar surface area (TPSA) is 54.4 Å². The van der Waals surface area contributed by atoms with Gasteiger partial charge >= 0.3 is 45.2 Å². The maximum atomic E-state index is 13.1. The third kappa shape index (κ3) is 6.46. The summed E-state index contributed by atoms with van der Waals surface area (Å²) in [4.78, 5) is 0.795. The zero-order valence-corrected chi connectivity index (χ0v) is 22.4. The molecule has 3 rings (SSSR count). The van der Waals surface area contributed by atoms with Crippen LogP contribution in [0.15, 0.2) is 71.6 Å². The first-order chi connectivity index (χ1) is 19.6. The summed E-state index contributed by atoms with van der Waals surface area (Å²) in [6.07, 6.45) is -7.59. The predicted molar refractivity (Wildman–Crippen MR) is 127 cm³/mol. The molecule has 0 aromatic heterocycles. The standard InChI is InChI=1S/C18H12F2S.C6HF13O3S/c19-14-8-4-12(5-9-14)16-2-1-3-17(21)18(16)13-6-10-15(20)11-7-13;7-1(8,3(11,12)5(15,16)17)2(9,10)4(13,14)6(18,19)23(20,21)22/h1-11,21H;(H,20,21,22). The molecule has 0 radical (unpaired) electrons. The molecule has 0 saturated carbocycles. The Labute approximate surface area is 242 Å². The van der Waals surface area contributed by atoms with Crippen molar-refractivity contribution in [2.24, 2.45) is 0 Å². The van der Waals surface area contributed by atoms with E-state index in [1.807, 2.05) is 18.2 Å². The average Bonchev–Trinajstić information content (AvgIpc) is 2.88. The lowest BCUT2D eigenvalue weighted by Crippen LogP contribution is -2.71.